The molecule has 3 aromatic rings. The monoisotopic (exact) mass is 530 g/mol. The molecule has 1 N–H and O–H groups in total. The predicted molar refractivity (Wildman–Crippen MR) is 144 cm³/mol. The van der Waals surface area contributed by atoms with Crippen LogP contribution in [-0.2, 0) is 4.79 Å². The van der Waals surface area contributed by atoms with E-state index in [1.807, 2.05) is 24.3 Å². The first-order valence-corrected chi connectivity index (χ1v) is 12.5. The van der Waals surface area contributed by atoms with Crippen molar-refractivity contribution in [3.05, 3.63) is 101 Å². The molecule has 0 spiro atoms. The van der Waals surface area contributed by atoms with Crippen LogP contribution in [0.1, 0.15) is 30.5 Å². The molecule has 1 saturated heterocycles. The fourth-order valence-electron chi connectivity index (χ4n) is 4.07. The van der Waals surface area contributed by atoms with E-state index in [2.05, 4.69) is 10.3 Å². The summed E-state index contributed by atoms with van der Waals surface area (Å²) in [4.78, 5) is 28.6. The van der Waals surface area contributed by atoms with Crippen molar-refractivity contribution in [1.82, 2.24) is 10.3 Å². The molecule has 0 aromatic heterocycles. The quantitative estimate of drug-likeness (QED) is 0.313. The number of nitrogens with zero attached hydrogens (tertiary/aromatic N) is 3. The number of hydrazone groups is 1. The van der Waals surface area contributed by atoms with Gasteiger partial charge in [0.25, 0.3) is 5.24 Å². The number of aliphatic imine (C=N–C) groups is 1. The van der Waals surface area contributed by atoms with Crippen molar-refractivity contribution in [2.24, 2.45) is 10.1 Å². The first-order valence-electron chi connectivity index (χ1n) is 11.7. The lowest BCUT2D eigenvalue weighted by molar-refractivity contribution is -0.131. The van der Waals surface area contributed by atoms with Crippen molar-refractivity contribution in [3.8, 4) is 11.5 Å². The predicted octanol–water partition coefficient (Wildman–Crippen LogP) is 5.94. The number of hydrogen-bond donors (Lipinski definition) is 1. The van der Waals surface area contributed by atoms with E-state index in [9.17, 15) is 14.0 Å². The number of thioether (sulfide) groups is 1. The first-order chi connectivity index (χ1) is 18.4. The summed E-state index contributed by atoms with van der Waals surface area (Å²) in [6, 6.07) is 20.4. The third kappa shape index (κ3) is 5.76. The number of nitrogens with one attached hydrogen (secondary N) is 1. The number of amides is 1. The molecule has 2 aliphatic heterocycles. The largest absolute Gasteiger partial charge is 0.497 e. The second-order valence-corrected chi connectivity index (χ2v) is 9.50. The summed E-state index contributed by atoms with van der Waals surface area (Å²) in [5, 5.41) is 9.14. The van der Waals surface area contributed by atoms with Gasteiger partial charge in [0.2, 0.25) is 0 Å². The molecule has 8 nitrogen and oxygen atoms in total. The average molecular weight is 531 g/mol. The highest BCUT2D eigenvalue weighted by atomic mass is 32.2. The van der Waals surface area contributed by atoms with E-state index in [1.54, 1.807) is 54.7 Å². The number of amidine groups is 1. The van der Waals surface area contributed by atoms with Gasteiger partial charge in [-0.25, -0.2) is 9.38 Å². The number of rotatable bonds is 6. The number of esters is 1. The molecule has 0 bridgehead atoms. The second-order valence-electron chi connectivity index (χ2n) is 8.48. The Hall–Kier alpha value is -4.44. The Balaban J connectivity index is 1.48. The van der Waals surface area contributed by atoms with Crippen LogP contribution in [0.25, 0.3) is 0 Å². The van der Waals surface area contributed by atoms with Gasteiger partial charge >= 0.3 is 5.97 Å². The lowest BCUT2D eigenvalue weighted by atomic mass is 9.98. The molecular formula is C28H23FN4O4S. The van der Waals surface area contributed by atoms with Crippen LogP contribution < -0.4 is 14.8 Å². The first kappa shape index (κ1) is 25.2. The molecule has 192 valence electrons. The summed E-state index contributed by atoms with van der Waals surface area (Å²) in [6.07, 6.45) is 2.36. The Morgan fingerprint density at radius 3 is 2.42 bits per heavy atom. The fraction of sp³-hybridized carbons (Fsp3) is 0.143. The molecule has 0 saturated carbocycles. The summed E-state index contributed by atoms with van der Waals surface area (Å²) in [7, 11) is 1.61. The zero-order valence-corrected chi connectivity index (χ0v) is 21.4. The van der Waals surface area contributed by atoms with Crippen LogP contribution in [0, 0.1) is 5.82 Å². The third-order valence-corrected chi connectivity index (χ3v) is 6.67. The molecule has 0 aliphatic carbocycles. The van der Waals surface area contributed by atoms with Crippen molar-refractivity contribution >= 4 is 40.2 Å². The Morgan fingerprint density at radius 1 is 1.08 bits per heavy atom. The second kappa shape index (κ2) is 10.9. The van der Waals surface area contributed by atoms with Gasteiger partial charge in [0.05, 0.1) is 29.5 Å². The molecular weight excluding hydrogens is 507 g/mol. The van der Waals surface area contributed by atoms with Crippen LogP contribution in [-0.4, -0.2) is 34.9 Å². The summed E-state index contributed by atoms with van der Waals surface area (Å²) < 4.78 is 24.0. The van der Waals surface area contributed by atoms with Gasteiger partial charge in [-0.3, -0.25) is 14.6 Å². The molecule has 1 unspecified atom stereocenters. The minimum absolute atomic E-state index is 0.208. The van der Waals surface area contributed by atoms with Crippen LogP contribution in [0.5, 0.6) is 11.5 Å². The van der Waals surface area contributed by atoms with Gasteiger partial charge in [-0.1, -0.05) is 12.1 Å². The number of methoxy groups -OCH3 is 1. The molecule has 5 rings (SSSR count). The van der Waals surface area contributed by atoms with E-state index in [0.29, 0.717) is 28.6 Å². The highest BCUT2D eigenvalue weighted by Gasteiger charge is 2.31. The van der Waals surface area contributed by atoms with Crippen LogP contribution in [0.15, 0.2) is 94.0 Å². The van der Waals surface area contributed by atoms with Crippen molar-refractivity contribution in [2.45, 2.75) is 19.4 Å². The lowest BCUT2D eigenvalue weighted by Gasteiger charge is -2.20. The number of ether oxygens (including phenoxy) is 2. The smallest absolute Gasteiger partial charge is 0.308 e. The number of carbonyl (C=O) groups excluding carboxylic acids is 2. The van der Waals surface area contributed by atoms with E-state index in [-0.39, 0.29) is 17.1 Å². The number of carbonyl (C=O) groups is 2. The van der Waals surface area contributed by atoms with Gasteiger partial charge in [-0.15, -0.1) is 0 Å². The van der Waals surface area contributed by atoms with Crippen LogP contribution in [0.3, 0.4) is 0 Å². The van der Waals surface area contributed by atoms with E-state index in [4.69, 9.17) is 14.6 Å². The molecule has 38 heavy (non-hydrogen) atoms. The molecule has 0 radical (unpaired) electrons. The Kier molecular flexibility index (Phi) is 7.23. The topological polar surface area (TPSA) is 92.6 Å². The van der Waals surface area contributed by atoms with Crippen molar-refractivity contribution < 1.29 is 23.5 Å². The molecule has 1 fully saturated rings. The summed E-state index contributed by atoms with van der Waals surface area (Å²) >= 11 is 1.02. The minimum atomic E-state index is -0.412. The number of benzene rings is 3. The minimum Gasteiger partial charge on any atom is -0.497 e. The highest BCUT2D eigenvalue weighted by Crippen LogP contribution is 2.36. The number of halogens is 1. The zero-order valence-electron chi connectivity index (χ0n) is 20.6. The lowest BCUT2D eigenvalue weighted by Crippen LogP contribution is -2.20. The number of hydrogen-bond acceptors (Lipinski definition) is 8. The van der Waals surface area contributed by atoms with E-state index in [0.717, 1.165) is 34.3 Å². The van der Waals surface area contributed by atoms with Gasteiger partial charge in [0.15, 0.2) is 0 Å². The molecule has 1 atom stereocenters. The highest BCUT2D eigenvalue weighted by molar-refractivity contribution is 8.18. The third-order valence-electron chi connectivity index (χ3n) is 5.87. The average Bonchev–Trinajstić information content (AvgIpc) is 3.48. The Bertz CT molecular complexity index is 1450. The summed E-state index contributed by atoms with van der Waals surface area (Å²) in [5.41, 5.74) is 3.25. The summed E-state index contributed by atoms with van der Waals surface area (Å²) in [5.74, 6) is 0.802. The SMILES string of the molecule is COc1ccc(C2=NN(/C=C3\SC(=O)NC3=Nc3ccc(OC(C)=O)cc3)C(c3ccc(F)cc3)C2)cc1. The van der Waals surface area contributed by atoms with Crippen LogP contribution in [0.4, 0.5) is 14.9 Å². The molecule has 10 heteroatoms. The fourth-order valence-corrected chi connectivity index (χ4v) is 4.77. The molecule has 1 amide bonds. The Morgan fingerprint density at radius 2 is 1.76 bits per heavy atom. The Labute approximate surface area is 222 Å². The van der Waals surface area contributed by atoms with Crippen LogP contribution >= 0.6 is 11.8 Å². The maximum atomic E-state index is 13.6. The standard InChI is InChI=1S/C28H23FN4O4S/c1-17(34)37-23-13-9-21(10-14-23)30-27-26(38-28(35)31-27)16-33-25(19-3-7-20(29)8-4-19)15-24(32-33)18-5-11-22(36-2)12-6-18/h3-14,16,25H,15H2,1-2H3,(H,30,31,35)/b26-16-. The maximum Gasteiger partial charge on any atom is 0.308 e. The van der Waals surface area contributed by atoms with Gasteiger partial charge in [0, 0.05) is 19.5 Å². The molecule has 2 aliphatic rings. The normalized spacial score (nSPS) is 19.0. The molecule has 2 heterocycles. The van der Waals surface area contributed by atoms with Gasteiger partial charge in [-0.05, 0) is 83.6 Å². The zero-order chi connectivity index (χ0) is 26.6. The molecule has 3 aromatic carbocycles. The van der Waals surface area contributed by atoms with Crippen molar-refractivity contribution in [2.75, 3.05) is 7.11 Å². The van der Waals surface area contributed by atoms with E-state index < -0.39 is 5.97 Å². The maximum absolute atomic E-state index is 13.6. The van der Waals surface area contributed by atoms with E-state index >= 15 is 0 Å². The van der Waals surface area contributed by atoms with Gasteiger partial charge < -0.3 is 14.8 Å². The van der Waals surface area contributed by atoms with Crippen molar-refractivity contribution in [3.63, 3.8) is 0 Å². The van der Waals surface area contributed by atoms with Gasteiger partial charge in [-0.2, -0.15) is 5.10 Å². The summed E-state index contributed by atoms with van der Waals surface area (Å²) in [6.45, 7) is 1.33. The van der Waals surface area contributed by atoms with E-state index in [1.165, 1.54) is 19.1 Å². The van der Waals surface area contributed by atoms with Crippen molar-refractivity contribution in [1.29, 1.82) is 0 Å². The van der Waals surface area contributed by atoms with Gasteiger partial charge in [0.1, 0.15) is 23.2 Å². The van der Waals surface area contributed by atoms with Crippen LogP contribution in [0.2, 0.25) is 0 Å².